The molecular weight excluding hydrogens is 194 g/mol. The molecular formula is C10H19N3O2. The van der Waals surface area contributed by atoms with E-state index in [0.29, 0.717) is 26.1 Å². The first kappa shape index (κ1) is 12.0. The van der Waals surface area contributed by atoms with Gasteiger partial charge in [0.25, 0.3) is 0 Å². The summed E-state index contributed by atoms with van der Waals surface area (Å²) >= 11 is 0. The summed E-state index contributed by atoms with van der Waals surface area (Å²) in [6.45, 7) is 5.56. The molecule has 0 saturated carbocycles. The summed E-state index contributed by atoms with van der Waals surface area (Å²) in [5.74, 6) is 0.0537. The van der Waals surface area contributed by atoms with E-state index in [1.54, 1.807) is 9.80 Å². The Labute approximate surface area is 90.2 Å². The maximum atomic E-state index is 11.7. The van der Waals surface area contributed by atoms with Crippen LogP contribution in [-0.2, 0) is 9.59 Å². The molecule has 86 valence electrons. The van der Waals surface area contributed by atoms with E-state index in [-0.39, 0.29) is 24.4 Å². The van der Waals surface area contributed by atoms with Crippen LogP contribution < -0.4 is 5.73 Å². The smallest absolute Gasteiger partial charge is 0.242 e. The molecule has 0 aromatic heterocycles. The van der Waals surface area contributed by atoms with Crippen LogP contribution in [0.15, 0.2) is 0 Å². The molecule has 1 heterocycles. The van der Waals surface area contributed by atoms with Gasteiger partial charge in [0, 0.05) is 32.1 Å². The predicted octanol–water partition coefficient (Wildman–Crippen LogP) is -0.586. The Kier molecular flexibility index (Phi) is 4.08. The van der Waals surface area contributed by atoms with E-state index in [2.05, 4.69) is 0 Å². The minimum atomic E-state index is -0.0442. The average molecular weight is 213 g/mol. The van der Waals surface area contributed by atoms with E-state index in [1.807, 2.05) is 13.8 Å². The lowest BCUT2D eigenvalue weighted by molar-refractivity contribution is -0.136. The predicted molar refractivity (Wildman–Crippen MR) is 57.1 cm³/mol. The zero-order chi connectivity index (χ0) is 11.4. The van der Waals surface area contributed by atoms with Crippen molar-refractivity contribution in [1.29, 1.82) is 0 Å². The summed E-state index contributed by atoms with van der Waals surface area (Å²) in [4.78, 5) is 26.5. The van der Waals surface area contributed by atoms with Crippen molar-refractivity contribution in [3.8, 4) is 0 Å². The summed E-state index contributed by atoms with van der Waals surface area (Å²) in [6, 6.07) is -0.0442. The third-order valence-electron chi connectivity index (χ3n) is 2.52. The van der Waals surface area contributed by atoms with Crippen LogP contribution in [0.4, 0.5) is 0 Å². The molecule has 5 nitrogen and oxygen atoms in total. The minimum absolute atomic E-state index is 0.000000000000000444. The average Bonchev–Trinajstić information content (AvgIpc) is 2.30. The van der Waals surface area contributed by atoms with Crippen LogP contribution in [0.25, 0.3) is 0 Å². The molecule has 0 aromatic rings. The standard InChI is InChI=1S/C10H19N3O2/c1-3-12-7-10(15)13(6-8(2)11)5-4-9(12)14/h8H,3-7,11H2,1-2H3. The van der Waals surface area contributed by atoms with Gasteiger partial charge in [0.2, 0.25) is 11.8 Å². The molecule has 2 N–H and O–H groups in total. The van der Waals surface area contributed by atoms with E-state index < -0.39 is 0 Å². The van der Waals surface area contributed by atoms with Crippen molar-refractivity contribution in [2.24, 2.45) is 5.73 Å². The van der Waals surface area contributed by atoms with Gasteiger partial charge in [-0.1, -0.05) is 0 Å². The van der Waals surface area contributed by atoms with Crippen molar-refractivity contribution in [3.05, 3.63) is 0 Å². The normalized spacial score (nSPS) is 20.5. The van der Waals surface area contributed by atoms with Gasteiger partial charge in [0.1, 0.15) is 0 Å². The molecule has 0 radical (unpaired) electrons. The summed E-state index contributed by atoms with van der Waals surface area (Å²) in [7, 11) is 0. The van der Waals surface area contributed by atoms with Crippen molar-refractivity contribution in [1.82, 2.24) is 9.80 Å². The number of carbonyl (C=O) groups is 2. The van der Waals surface area contributed by atoms with Crippen LogP contribution in [0.1, 0.15) is 20.3 Å². The second-order valence-electron chi connectivity index (χ2n) is 3.97. The zero-order valence-electron chi connectivity index (χ0n) is 9.40. The Balaban J connectivity index is 2.64. The maximum absolute atomic E-state index is 11.7. The maximum Gasteiger partial charge on any atom is 0.242 e. The van der Waals surface area contributed by atoms with Crippen molar-refractivity contribution in [2.45, 2.75) is 26.3 Å². The number of hydrogen-bond acceptors (Lipinski definition) is 3. The number of likely N-dealkylation sites (N-methyl/N-ethyl adjacent to an activating group) is 1. The van der Waals surface area contributed by atoms with Crippen molar-refractivity contribution in [2.75, 3.05) is 26.2 Å². The van der Waals surface area contributed by atoms with Gasteiger partial charge in [-0.2, -0.15) is 0 Å². The molecule has 1 rings (SSSR count). The van der Waals surface area contributed by atoms with Gasteiger partial charge in [0.05, 0.1) is 6.54 Å². The largest absolute Gasteiger partial charge is 0.339 e. The highest BCUT2D eigenvalue weighted by Crippen LogP contribution is 2.05. The number of hydrogen-bond donors (Lipinski definition) is 1. The number of nitrogens with zero attached hydrogens (tertiary/aromatic N) is 2. The fraction of sp³-hybridized carbons (Fsp3) is 0.800. The number of carbonyl (C=O) groups excluding carboxylic acids is 2. The first-order chi connectivity index (χ1) is 7.04. The highest BCUT2D eigenvalue weighted by atomic mass is 16.2. The SMILES string of the molecule is CCN1CC(=O)N(CC(C)N)CCC1=O. The molecule has 0 bridgehead atoms. The van der Waals surface area contributed by atoms with Crippen molar-refractivity contribution < 1.29 is 9.59 Å². The highest BCUT2D eigenvalue weighted by Gasteiger charge is 2.25. The van der Waals surface area contributed by atoms with Crippen LogP contribution >= 0.6 is 0 Å². The first-order valence-electron chi connectivity index (χ1n) is 5.35. The van der Waals surface area contributed by atoms with Crippen LogP contribution in [0.2, 0.25) is 0 Å². The summed E-state index contributed by atoms with van der Waals surface area (Å²) in [6.07, 6.45) is 0.409. The molecule has 2 amide bonds. The Hall–Kier alpha value is -1.10. The summed E-state index contributed by atoms with van der Waals surface area (Å²) in [5, 5.41) is 0. The molecule has 1 atom stereocenters. The lowest BCUT2D eigenvalue weighted by Gasteiger charge is -2.22. The molecule has 1 aliphatic heterocycles. The van der Waals surface area contributed by atoms with Gasteiger partial charge in [-0.15, -0.1) is 0 Å². The highest BCUT2D eigenvalue weighted by molar-refractivity contribution is 5.87. The molecule has 1 saturated heterocycles. The van der Waals surface area contributed by atoms with Gasteiger partial charge in [-0.05, 0) is 13.8 Å². The van der Waals surface area contributed by atoms with Gasteiger partial charge in [0.15, 0.2) is 0 Å². The fourth-order valence-corrected chi connectivity index (χ4v) is 1.69. The molecule has 0 aliphatic carbocycles. The second kappa shape index (κ2) is 5.11. The second-order valence-corrected chi connectivity index (χ2v) is 3.97. The molecule has 0 spiro atoms. The Morgan fingerprint density at radius 2 is 2.00 bits per heavy atom. The van der Waals surface area contributed by atoms with E-state index in [4.69, 9.17) is 5.73 Å². The third kappa shape index (κ3) is 3.20. The van der Waals surface area contributed by atoms with Crippen LogP contribution in [-0.4, -0.2) is 53.8 Å². The monoisotopic (exact) mass is 213 g/mol. The number of amides is 2. The van der Waals surface area contributed by atoms with Crippen LogP contribution in [0, 0.1) is 0 Å². The topological polar surface area (TPSA) is 66.6 Å². The Bertz CT molecular complexity index is 253. The van der Waals surface area contributed by atoms with Crippen molar-refractivity contribution in [3.63, 3.8) is 0 Å². The number of rotatable bonds is 3. The lowest BCUT2D eigenvalue weighted by Crippen LogP contribution is -2.42. The van der Waals surface area contributed by atoms with Crippen molar-refractivity contribution >= 4 is 11.8 Å². The van der Waals surface area contributed by atoms with E-state index >= 15 is 0 Å². The van der Waals surface area contributed by atoms with Gasteiger partial charge >= 0.3 is 0 Å². The summed E-state index contributed by atoms with van der Waals surface area (Å²) in [5.41, 5.74) is 5.65. The summed E-state index contributed by atoms with van der Waals surface area (Å²) < 4.78 is 0. The molecule has 1 fully saturated rings. The fourth-order valence-electron chi connectivity index (χ4n) is 1.69. The van der Waals surface area contributed by atoms with E-state index in [1.165, 1.54) is 0 Å². The molecule has 15 heavy (non-hydrogen) atoms. The van der Waals surface area contributed by atoms with Crippen LogP contribution in [0.3, 0.4) is 0 Å². The molecule has 0 aromatic carbocycles. The molecule has 1 unspecified atom stereocenters. The zero-order valence-corrected chi connectivity index (χ0v) is 9.40. The first-order valence-corrected chi connectivity index (χ1v) is 5.35. The van der Waals surface area contributed by atoms with Gasteiger partial charge < -0.3 is 15.5 Å². The molecule has 1 aliphatic rings. The minimum Gasteiger partial charge on any atom is -0.339 e. The van der Waals surface area contributed by atoms with Crippen LogP contribution in [0.5, 0.6) is 0 Å². The van der Waals surface area contributed by atoms with E-state index in [9.17, 15) is 9.59 Å². The Morgan fingerprint density at radius 1 is 1.33 bits per heavy atom. The third-order valence-corrected chi connectivity index (χ3v) is 2.52. The van der Waals surface area contributed by atoms with Gasteiger partial charge in [-0.25, -0.2) is 0 Å². The quantitative estimate of drug-likeness (QED) is 0.681. The van der Waals surface area contributed by atoms with E-state index in [0.717, 1.165) is 0 Å². The van der Waals surface area contributed by atoms with Gasteiger partial charge in [-0.3, -0.25) is 9.59 Å². The number of nitrogens with two attached hydrogens (primary N) is 1. The Morgan fingerprint density at radius 3 is 2.53 bits per heavy atom. The molecule has 5 heteroatoms. The lowest BCUT2D eigenvalue weighted by atomic mass is 10.3.